The molecular weight excluding hydrogens is 243 g/mol. The lowest BCUT2D eigenvalue weighted by molar-refractivity contribution is -0.134. The lowest BCUT2D eigenvalue weighted by Gasteiger charge is -2.08. The maximum Gasteiger partial charge on any atom is 0.446 e. The van der Waals surface area contributed by atoms with Crippen LogP contribution in [0.1, 0.15) is 0 Å². The van der Waals surface area contributed by atoms with Gasteiger partial charge < -0.3 is 10.4 Å². The van der Waals surface area contributed by atoms with Crippen LogP contribution in [0, 0.1) is 0 Å². The Hall–Kier alpha value is -1.37. The topological polar surface area (TPSA) is 49.3 Å². The van der Waals surface area contributed by atoms with Crippen LogP contribution in [0.3, 0.4) is 0 Å². The maximum atomic E-state index is 12.0. The maximum absolute atomic E-state index is 12.0. The third-order valence-electron chi connectivity index (χ3n) is 1.51. The van der Waals surface area contributed by atoms with E-state index in [9.17, 15) is 18.0 Å². The number of hydrogen-bond donors (Lipinski definition) is 2. The van der Waals surface area contributed by atoms with Crippen LogP contribution >= 0.6 is 11.8 Å². The third kappa shape index (κ3) is 4.92. The van der Waals surface area contributed by atoms with Gasteiger partial charge in [0.25, 0.3) is 0 Å². The molecule has 1 aromatic carbocycles. The van der Waals surface area contributed by atoms with Gasteiger partial charge in [0.1, 0.15) is 6.54 Å². The van der Waals surface area contributed by atoms with E-state index >= 15 is 0 Å². The molecular formula is C9H8F3NO2S. The molecule has 0 radical (unpaired) electrons. The number of carboxylic acids is 1. The van der Waals surface area contributed by atoms with Gasteiger partial charge in [-0.05, 0) is 30.0 Å². The summed E-state index contributed by atoms with van der Waals surface area (Å²) < 4.78 is 36.1. The second kappa shape index (κ2) is 5.11. The molecule has 0 saturated heterocycles. The van der Waals surface area contributed by atoms with Crippen molar-refractivity contribution in [3.8, 4) is 0 Å². The molecule has 88 valence electrons. The average molecular weight is 251 g/mol. The summed E-state index contributed by atoms with van der Waals surface area (Å²) in [6.45, 7) is -0.333. The Labute approximate surface area is 93.7 Å². The molecule has 0 bridgehead atoms. The molecule has 3 nitrogen and oxygen atoms in total. The van der Waals surface area contributed by atoms with E-state index in [-0.39, 0.29) is 23.2 Å². The monoisotopic (exact) mass is 251 g/mol. The molecule has 1 rings (SSSR count). The van der Waals surface area contributed by atoms with Crippen molar-refractivity contribution in [3.63, 3.8) is 0 Å². The molecule has 16 heavy (non-hydrogen) atoms. The summed E-state index contributed by atoms with van der Waals surface area (Å²) in [5.41, 5.74) is -4.00. The third-order valence-corrected chi connectivity index (χ3v) is 2.23. The number of thioether (sulfide) groups is 1. The molecule has 0 saturated carbocycles. The zero-order valence-corrected chi connectivity index (χ0v) is 8.73. The second-order valence-corrected chi connectivity index (χ2v) is 3.96. The van der Waals surface area contributed by atoms with Gasteiger partial charge in [-0.25, -0.2) is 0 Å². The van der Waals surface area contributed by atoms with E-state index < -0.39 is 11.5 Å². The van der Waals surface area contributed by atoms with Crippen molar-refractivity contribution in [1.29, 1.82) is 0 Å². The first-order chi connectivity index (χ1) is 7.37. The molecule has 7 heteroatoms. The number of rotatable bonds is 4. The fraction of sp³-hybridized carbons (Fsp3) is 0.222. The minimum atomic E-state index is -4.34. The highest BCUT2D eigenvalue weighted by atomic mass is 32.2. The number of nitrogens with one attached hydrogen (secondary N) is 1. The van der Waals surface area contributed by atoms with Gasteiger partial charge in [0.15, 0.2) is 0 Å². The number of carbonyl (C=O) groups is 1. The van der Waals surface area contributed by atoms with Crippen LogP contribution in [0.15, 0.2) is 29.2 Å². The largest absolute Gasteiger partial charge is 0.480 e. The first-order valence-corrected chi connectivity index (χ1v) is 5.00. The lowest BCUT2D eigenvalue weighted by atomic mass is 10.3. The highest BCUT2D eigenvalue weighted by Crippen LogP contribution is 2.37. The summed E-state index contributed by atoms with van der Waals surface area (Å²) in [6, 6.07) is 5.49. The highest BCUT2D eigenvalue weighted by Gasteiger charge is 2.29. The number of anilines is 1. The van der Waals surface area contributed by atoms with Crippen LogP contribution < -0.4 is 5.32 Å². The Morgan fingerprint density at radius 1 is 1.44 bits per heavy atom. The van der Waals surface area contributed by atoms with Gasteiger partial charge in [0.05, 0.1) is 0 Å². The van der Waals surface area contributed by atoms with Crippen molar-refractivity contribution in [2.45, 2.75) is 10.4 Å². The first kappa shape index (κ1) is 12.7. The molecule has 0 spiro atoms. The molecule has 1 aromatic rings. The summed E-state index contributed by atoms with van der Waals surface area (Å²) >= 11 is -0.238. The minimum Gasteiger partial charge on any atom is -0.480 e. The smallest absolute Gasteiger partial charge is 0.446 e. The summed E-state index contributed by atoms with van der Waals surface area (Å²) in [7, 11) is 0. The van der Waals surface area contributed by atoms with E-state index in [0.717, 1.165) is 0 Å². The molecule has 0 heterocycles. The number of alkyl halides is 3. The summed E-state index contributed by atoms with van der Waals surface area (Å²) in [4.78, 5) is 10.3. The van der Waals surface area contributed by atoms with E-state index in [2.05, 4.69) is 5.32 Å². The van der Waals surface area contributed by atoms with Gasteiger partial charge in [-0.1, -0.05) is 6.07 Å². The van der Waals surface area contributed by atoms with Crippen LogP contribution in [0.5, 0.6) is 0 Å². The van der Waals surface area contributed by atoms with Crippen LogP contribution in [0.4, 0.5) is 18.9 Å². The zero-order valence-electron chi connectivity index (χ0n) is 7.91. The van der Waals surface area contributed by atoms with Gasteiger partial charge in [-0.2, -0.15) is 13.2 Å². The Kier molecular flexibility index (Phi) is 4.05. The van der Waals surface area contributed by atoms with Crippen LogP contribution in [0.2, 0.25) is 0 Å². The Bertz CT molecular complexity index is 381. The summed E-state index contributed by atoms with van der Waals surface area (Å²) in [5, 5.41) is 10.9. The molecule has 0 aliphatic rings. The predicted molar refractivity (Wildman–Crippen MR) is 54.5 cm³/mol. The van der Waals surface area contributed by atoms with Crippen molar-refractivity contribution in [3.05, 3.63) is 24.3 Å². The standard InChI is InChI=1S/C9H8F3NO2S/c10-9(11,12)16-7-3-1-2-6(4-7)13-5-8(14)15/h1-4,13H,5H2,(H,14,15). The fourth-order valence-corrected chi connectivity index (χ4v) is 1.58. The van der Waals surface area contributed by atoms with Crippen LogP contribution in [0.25, 0.3) is 0 Å². The van der Waals surface area contributed by atoms with Crippen molar-refractivity contribution in [1.82, 2.24) is 0 Å². The Morgan fingerprint density at radius 3 is 2.69 bits per heavy atom. The average Bonchev–Trinajstić information content (AvgIpc) is 2.12. The van der Waals surface area contributed by atoms with Gasteiger partial charge in [0, 0.05) is 10.6 Å². The molecule has 0 atom stereocenters. The van der Waals surface area contributed by atoms with E-state index in [1.165, 1.54) is 24.3 Å². The summed E-state index contributed by atoms with van der Waals surface area (Å²) in [5.74, 6) is -1.08. The van der Waals surface area contributed by atoms with E-state index in [0.29, 0.717) is 5.69 Å². The minimum absolute atomic E-state index is 0.0166. The number of hydrogen-bond acceptors (Lipinski definition) is 3. The van der Waals surface area contributed by atoms with E-state index in [1.54, 1.807) is 0 Å². The zero-order chi connectivity index (χ0) is 12.2. The van der Waals surface area contributed by atoms with Crippen molar-refractivity contribution < 1.29 is 23.1 Å². The van der Waals surface area contributed by atoms with E-state index in [1.807, 2.05) is 0 Å². The molecule has 2 N–H and O–H groups in total. The Morgan fingerprint density at radius 2 is 2.12 bits per heavy atom. The quantitative estimate of drug-likeness (QED) is 0.808. The van der Waals surface area contributed by atoms with Gasteiger partial charge in [-0.3, -0.25) is 4.79 Å². The first-order valence-electron chi connectivity index (χ1n) is 4.18. The van der Waals surface area contributed by atoms with Gasteiger partial charge in [0.2, 0.25) is 0 Å². The highest BCUT2D eigenvalue weighted by molar-refractivity contribution is 8.00. The molecule has 0 unspecified atom stereocenters. The van der Waals surface area contributed by atoms with Crippen LogP contribution in [-0.4, -0.2) is 23.1 Å². The van der Waals surface area contributed by atoms with E-state index in [4.69, 9.17) is 5.11 Å². The number of carboxylic acid groups (broad SMARTS) is 1. The molecule has 0 fully saturated rings. The van der Waals surface area contributed by atoms with Gasteiger partial charge >= 0.3 is 11.5 Å². The van der Waals surface area contributed by atoms with Crippen molar-refractivity contribution in [2.24, 2.45) is 0 Å². The molecule has 0 aliphatic heterocycles. The van der Waals surface area contributed by atoms with Gasteiger partial charge in [-0.15, -0.1) is 0 Å². The molecule has 0 aromatic heterocycles. The lowest BCUT2D eigenvalue weighted by Crippen LogP contribution is -2.12. The Balaban J connectivity index is 2.67. The van der Waals surface area contributed by atoms with Crippen molar-refractivity contribution >= 4 is 23.4 Å². The summed E-state index contributed by atoms with van der Waals surface area (Å²) in [6.07, 6.45) is 0. The van der Waals surface area contributed by atoms with Crippen molar-refractivity contribution in [2.75, 3.05) is 11.9 Å². The number of aliphatic carboxylic acids is 1. The fourth-order valence-electron chi connectivity index (χ4n) is 0.981. The number of halogens is 3. The molecule has 0 aliphatic carbocycles. The number of benzene rings is 1. The second-order valence-electron chi connectivity index (χ2n) is 2.82. The predicted octanol–water partition coefficient (Wildman–Crippen LogP) is 2.80. The van der Waals surface area contributed by atoms with Crippen LogP contribution in [-0.2, 0) is 4.79 Å². The molecule has 0 amide bonds. The SMILES string of the molecule is O=C(O)CNc1cccc(SC(F)(F)F)c1. The normalized spacial score (nSPS) is 11.2.